The zero-order valence-electron chi connectivity index (χ0n) is 11.8. The molecule has 0 aliphatic heterocycles. The van der Waals surface area contributed by atoms with Crippen LogP contribution < -0.4 is 4.72 Å². The van der Waals surface area contributed by atoms with Crippen LogP contribution in [-0.2, 0) is 21.2 Å². The van der Waals surface area contributed by atoms with Crippen LogP contribution in [0.25, 0.3) is 0 Å². The molecule has 0 saturated carbocycles. The first-order valence-corrected chi connectivity index (χ1v) is 8.24. The van der Waals surface area contributed by atoms with Crippen LogP contribution in [0, 0.1) is 5.92 Å². The topological polar surface area (TPSA) is 63.2 Å². The zero-order valence-corrected chi connectivity index (χ0v) is 12.6. The molecule has 4 nitrogen and oxygen atoms in total. The Hall–Kier alpha value is -1.36. The fourth-order valence-electron chi connectivity index (χ4n) is 2.07. The van der Waals surface area contributed by atoms with Crippen LogP contribution >= 0.6 is 0 Å². The molecule has 0 aromatic heterocycles. The number of hydrogen-bond donors (Lipinski definition) is 1. The number of benzene rings is 1. The van der Waals surface area contributed by atoms with E-state index in [1.54, 1.807) is 6.92 Å². The van der Waals surface area contributed by atoms with Crippen molar-refractivity contribution in [1.29, 1.82) is 0 Å². The Morgan fingerprint density at radius 2 is 1.84 bits per heavy atom. The number of nitrogens with one attached hydrogen (secondary N) is 1. The highest BCUT2D eigenvalue weighted by atomic mass is 32.2. The molecule has 0 fully saturated rings. The average Bonchev–Trinajstić information content (AvgIpc) is 2.34. The van der Waals surface area contributed by atoms with Crippen LogP contribution in [-0.4, -0.2) is 20.6 Å². The molecular weight excluding hydrogens is 262 g/mol. The number of carbonyl (C=O) groups is 1. The normalized spacial score (nSPS) is 14.7. The van der Waals surface area contributed by atoms with Crippen molar-refractivity contribution in [1.82, 2.24) is 4.72 Å². The maximum atomic E-state index is 11.9. The molecule has 19 heavy (non-hydrogen) atoms. The summed E-state index contributed by atoms with van der Waals surface area (Å²) >= 11 is 0. The second kappa shape index (κ2) is 6.19. The summed E-state index contributed by atoms with van der Waals surface area (Å²) in [6, 6.07) is 7.93. The van der Waals surface area contributed by atoms with Gasteiger partial charge in [-0.15, -0.1) is 0 Å². The van der Waals surface area contributed by atoms with Gasteiger partial charge >= 0.3 is 0 Å². The van der Waals surface area contributed by atoms with Crippen molar-refractivity contribution >= 4 is 15.9 Å². The van der Waals surface area contributed by atoms with Gasteiger partial charge in [-0.05, 0) is 23.5 Å². The van der Waals surface area contributed by atoms with Gasteiger partial charge in [0, 0.05) is 5.92 Å². The van der Waals surface area contributed by atoms with Gasteiger partial charge in [0.05, 0.1) is 6.26 Å². The molecule has 2 atom stereocenters. The molecule has 0 radical (unpaired) electrons. The lowest BCUT2D eigenvalue weighted by molar-refractivity contribution is -0.123. The number of hydrogen-bond acceptors (Lipinski definition) is 3. The molecule has 1 amide bonds. The summed E-state index contributed by atoms with van der Waals surface area (Å²) in [5.41, 5.74) is 2.29. The number of rotatable bonds is 5. The maximum Gasteiger partial charge on any atom is 0.236 e. The fraction of sp³-hybridized carbons (Fsp3) is 0.500. The van der Waals surface area contributed by atoms with Crippen LogP contribution in [0.1, 0.15) is 37.8 Å². The van der Waals surface area contributed by atoms with Gasteiger partial charge in [0.2, 0.25) is 15.9 Å². The fourth-order valence-corrected chi connectivity index (χ4v) is 2.62. The van der Waals surface area contributed by atoms with Gasteiger partial charge in [0.25, 0.3) is 0 Å². The third-order valence-corrected chi connectivity index (χ3v) is 3.95. The lowest BCUT2D eigenvalue weighted by atomic mass is 9.85. The smallest absolute Gasteiger partial charge is 0.236 e. The van der Waals surface area contributed by atoms with Crippen LogP contribution in [0.2, 0.25) is 0 Å². The Kier molecular flexibility index (Phi) is 5.11. The number of carbonyl (C=O) groups excluding carboxylic acids is 1. The van der Waals surface area contributed by atoms with Crippen molar-refractivity contribution in [2.75, 3.05) is 6.26 Å². The van der Waals surface area contributed by atoms with Gasteiger partial charge in [-0.3, -0.25) is 9.52 Å². The molecule has 0 aliphatic rings. The van der Waals surface area contributed by atoms with Gasteiger partial charge in [-0.2, -0.15) is 0 Å². The summed E-state index contributed by atoms with van der Waals surface area (Å²) in [7, 11) is -3.50. The summed E-state index contributed by atoms with van der Waals surface area (Å²) in [6.45, 7) is 5.76. The Morgan fingerprint density at radius 3 is 2.37 bits per heavy atom. The van der Waals surface area contributed by atoms with E-state index in [2.05, 4.69) is 6.92 Å². The van der Waals surface area contributed by atoms with Crippen molar-refractivity contribution in [3.63, 3.8) is 0 Å². The van der Waals surface area contributed by atoms with E-state index in [0.717, 1.165) is 18.2 Å². The second-order valence-corrected chi connectivity index (χ2v) is 6.62. The molecular formula is C14H21NO3S. The third kappa shape index (κ3) is 4.35. The molecule has 2 unspecified atom stereocenters. The van der Waals surface area contributed by atoms with Crippen LogP contribution in [0.15, 0.2) is 24.3 Å². The highest BCUT2D eigenvalue weighted by Crippen LogP contribution is 2.27. The van der Waals surface area contributed by atoms with E-state index in [1.165, 1.54) is 5.56 Å². The lowest BCUT2D eigenvalue weighted by Gasteiger charge is -2.21. The zero-order chi connectivity index (χ0) is 14.6. The van der Waals surface area contributed by atoms with E-state index in [4.69, 9.17) is 0 Å². The molecule has 106 valence electrons. The Labute approximate surface area is 115 Å². The molecule has 1 N–H and O–H groups in total. The van der Waals surface area contributed by atoms with E-state index >= 15 is 0 Å². The van der Waals surface area contributed by atoms with Crippen molar-refractivity contribution in [3.8, 4) is 0 Å². The van der Waals surface area contributed by atoms with Gasteiger partial charge in [-0.25, -0.2) is 8.42 Å². The van der Waals surface area contributed by atoms with E-state index in [-0.39, 0.29) is 5.92 Å². The molecule has 0 heterocycles. The van der Waals surface area contributed by atoms with Crippen LogP contribution in [0.4, 0.5) is 0 Å². The summed E-state index contributed by atoms with van der Waals surface area (Å²) in [5.74, 6) is -0.888. The van der Waals surface area contributed by atoms with Gasteiger partial charge in [-0.1, -0.05) is 45.0 Å². The largest absolute Gasteiger partial charge is 0.274 e. The van der Waals surface area contributed by atoms with E-state index in [9.17, 15) is 13.2 Å². The van der Waals surface area contributed by atoms with E-state index < -0.39 is 21.8 Å². The summed E-state index contributed by atoms with van der Waals surface area (Å²) in [6.07, 6.45) is 1.88. The summed E-state index contributed by atoms with van der Waals surface area (Å²) in [4.78, 5) is 11.9. The maximum absolute atomic E-state index is 11.9. The van der Waals surface area contributed by atoms with Crippen LogP contribution in [0.5, 0.6) is 0 Å². The van der Waals surface area contributed by atoms with E-state index in [1.807, 2.05) is 35.9 Å². The minimum Gasteiger partial charge on any atom is -0.274 e. The van der Waals surface area contributed by atoms with Crippen molar-refractivity contribution in [2.24, 2.45) is 5.92 Å². The van der Waals surface area contributed by atoms with Crippen LogP contribution in [0.3, 0.4) is 0 Å². The molecule has 1 rings (SSSR count). The molecule has 1 aromatic rings. The first kappa shape index (κ1) is 15.7. The van der Waals surface area contributed by atoms with Crippen molar-refractivity contribution < 1.29 is 13.2 Å². The molecule has 0 aliphatic carbocycles. The predicted octanol–water partition coefficient (Wildman–Crippen LogP) is 2.06. The Bertz CT molecular complexity index is 552. The molecule has 0 saturated heterocycles. The minimum absolute atomic E-state index is 0.0297. The van der Waals surface area contributed by atoms with Gasteiger partial charge in [0.1, 0.15) is 0 Å². The summed E-state index contributed by atoms with van der Waals surface area (Å²) in [5, 5.41) is 0. The first-order chi connectivity index (χ1) is 8.76. The Balaban J connectivity index is 2.93. The first-order valence-electron chi connectivity index (χ1n) is 6.35. The standard InChI is InChI=1S/C14H21NO3S/c1-5-12-8-6-7-9-13(12)10(2)11(3)14(16)15-19(4,17)18/h6-11H,5H2,1-4H3,(H,15,16). The van der Waals surface area contributed by atoms with Gasteiger partial charge < -0.3 is 0 Å². The van der Waals surface area contributed by atoms with Crippen molar-refractivity contribution in [2.45, 2.75) is 33.1 Å². The second-order valence-electron chi connectivity index (χ2n) is 4.87. The Morgan fingerprint density at radius 1 is 1.26 bits per heavy atom. The monoisotopic (exact) mass is 283 g/mol. The highest BCUT2D eigenvalue weighted by molar-refractivity contribution is 7.89. The summed E-state index contributed by atoms with van der Waals surface area (Å²) < 4.78 is 24.2. The average molecular weight is 283 g/mol. The number of sulfonamides is 1. The number of aryl methyl sites for hydroxylation is 1. The van der Waals surface area contributed by atoms with Crippen molar-refractivity contribution in [3.05, 3.63) is 35.4 Å². The van der Waals surface area contributed by atoms with Gasteiger partial charge in [0.15, 0.2) is 0 Å². The molecule has 1 aromatic carbocycles. The number of amides is 1. The molecule has 0 bridgehead atoms. The quantitative estimate of drug-likeness (QED) is 0.899. The minimum atomic E-state index is -3.50. The predicted molar refractivity (Wildman–Crippen MR) is 76.4 cm³/mol. The van der Waals surface area contributed by atoms with E-state index in [0.29, 0.717) is 0 Å². The molecule has 5 heteroatoms. The third-order valence-electron chi connectivity index (χ3n) is 3.38. The SMILES string of the molecule is CCc1ccccc1C(C)C(C)C(=O)NS(C)(=O)=O. The highest BCUT2D eigenvalue weighted by Gasteiger charge is 2.24. The molecule has 0 spiro atoms. The lowest BCUT2D eigenvalue weighted by Crippen LogP contribution is -2.35.